The van der Waals surface area contributed by atoms with E-state index < -0.39 is 0 Å². The molecule has 1 aromatic carbocycles. The second-order valence-corrected chi connectivity index (χ2v) is 3.67. The number of nitriles is 1. The molecule has 74 valence electrons. The van der Waals surface area contributed by atoms with Crippen molar-refractivity contribution in [1.29, 1.82) is 5.26 Å². The molecule has 0 aliphatic heterocycles. The number of halogens is 1. The van der Waals surface area contributed by atoms with Crippen LogP contribution in [0.3, 0.4) is 0 Å². The van der Waals surface area contributed by atoms with Crippen molar-refractivity contribution in [2.75, 3.05) is 0 Å². The first-order chi connectivity index (χ1) is 6.26. The Bertz CT molecular complexity index is 364. The lowest BCUT2D eigenvalue weighted by Crippen LogP contribution is -2.43. The van der Waals surface area contributed by atoms with E-state index in [0.29, 0.717) is 0 Å². The highest BCUT2D eigenvalue weighted by Gasteiger charge is 2.35. The van der Waals surface area contributed by atoms with E-state index in [-0.39, 0.29) is 17.9 Å². The van der Waals surface area contributed by atoms with Crippen molar-refractivity contribution < 1.29 is 0 Å². The van der Waals surface area contributed by atoms with Crippen LogP contribution in [0.4, 0.5) is 0 Å². The van der Waals surface area contributed by atoms with Crippen molar-refractivity contribution in [3.63, 3.8) is 0 Å². The lowest BCUT2D eigenvalue weighted by atomic mass is 9.71. The molecular formula is C11H13ClN2. The van der Waals surface area contributed by atoms with E-state index in [2.05, 4.69) is 6.07 Å². The minimum Gasteiger partial charge on any atom is -0.321 e. The number of nitrogens with zero attached hydrogens (tertiary/aromatic N) is 1. The molecule has 0 spiro atoms. The van der Waals surface area contributed by atoms with Gasteiger partial charge < -0.3 is 5.73 Å². The van der Waals surface area contributed by atoms with Crippen LogP contribution < -0.4 is 5.73 Å². The predicted molar refractivity (Wildman–Crippen MR) is 58.1 cm³/mol. The molecule has 0 radical (unpaired) electrons. The van der Waals surface area contributed by atoms with Gasteiger partial charge in [0.05, 0.1) is 11.6 Å². The van der Waals surface area contributed by atoms with Crippen LogP contribution in [0.1, 0.15) is 30.4 Å². The summed E-state index contributed by atoms with van der Waals surface area (Å²) < 4.78 is 0. The highest BCUT2D eigenvalue weighted by molar-refractivity contribution is 5.85. The molecule has 2 nitrogen and oxygen atoms in total. The monoisotopic (exact) mass is 208 g/mol. The minimum absolute atomic E-state index is 0. The second-order valence-electron chi connectivity index (χ2n) is 3.67. The van der Waals surface area contributed by atoms with Gasteiger partial charge in [0, 0.05) is 5.54 Å². The average Bonchev–Trinajstić information content (AvgIpc) is 2.14. The fourth-order valence-electron chi connectivity index (χ4n) is 1.84. The number of benzene rings is 1. The van der Waals surface area contributed by atoms with Gasteiger partial charge in [-0.15, -0.1) is 12.4 Å². The normalized spacial score (nSPS) is 17.4. The summed E-state index contributed by atoms with van der Waals surface area (Å²) in [6.45, 7) is 0. The molecule has 0 heterocycles. The van der Waals surface area contributed by atoms with Crippen molar-refractivity contribution in [2.24, 2.45) is 5.73 Å². The standard InChI is InChI=1S/C11H12N2.ClH/c12-8-9-4-1-2-5-10(9)11(13)6-3-7-11;/h1-2,4-5H,3,6-7,13H2;1H. The molecule has 14 heavy (non-hydrogen) atoms. The van der Waals surface area contributed by atoms with Crippen LogP contribution in [0.15, 0.2) is 24.3 Å². The van der Waals surface area contributed by atoms with Crippen molar-refractivity contribution >= 4 is 12.4 Å². The Morgan fingerprint density at radius 2 is 1.93 bits per heavy atom. The number of hydrogen-bond donors (Lipinski definition) is 1. The molecule has 1 saturated carbocycles. The van der Waals surface area contributed by atoms with E-state index in [0.717, 1.165) is 24.0 Å². The lowest BCUT2D eigenvalue weighted by molar-refractivity contribution is 0.253. The van der Waals surface area contributed by atoms with Crippen LogP contribution in [0.25, 0.3) is 0 Å². The Kier molecular flexibility index (Phi) is 3.15. The van der Waals surface area contributed by atoms with Gasteiger partial charge in [0.25, 0.3) is 0 Å². The van der Waals surface area contributed by atoms with E-state index in [1.807, 2.05) is 24.3 Å². The number of hydrogen-bond acceptors (Lipinski definition) is 2. The maximum atomic E-state index is 8.90. The van der Waals surface area contributed by atoms with Gasteiger partial charge in [0.2, 0.25) is 0 Å². The molecule has 0 aromatic heterocycles. The van der Waals surface area contributed by atoms with E-state index in [9.17, 15) is 0 Å². The van der Waals surface area contributed by atoms with Gasteiger partial charge >= 0.3 is 0 Å². The summed E-state index contributed by atoms with van der Waals surface area (Å²) in [4.78, 5) is 0. The zero-order valence-corrected chi connectivity index (χ0v) is 8.68. The van der Waals surface area contributed by atoms with Crippen molar-refractivity contribution in [3.05, 3.63) is 35.4 Å². The highest BCUT2D eigenvalue weighted by Crippen LogP contribution is 2.39. The van der Waals surface area contributed by atoms with Gasteiger partial charge in [0.15, 0.2) is 0 Å². The van der Waals surface area contributed by atoms with Gasteiger partial charge in [-0.05, 0) is 30.9 Å². The molecule has 0 saturated heterocycles. The topological polar surface area (TPSA) is 49.8 Å². The zero-order valence-electron chi connectivity index (χ0n) is 7.86. The molecule has 0 amide bonds. The van der Waals surface area contributed by atoms with Crippen LogP contribution in [-0.2, 0) is 5.54 Å². The summed E-state index contributed by atoms with van der Waals surface area (Å²) in [7, 11) is 0. The van der Waals surface area contributed by atoms with Crippen molar-refractivity contribution in [2.45, 2.75) is 24.8 Å². The molecule has 0 atom stereocenters. The van der Waals surface area contributed by atoms with Gasteiger partial charge in [-0.1, -0.05) is 18.2 Å². The first-order valence-electron chi connectivity index (χ1n) is 4.55. The fourth-order valence-corrected chi connectivity index (χ4v) is 1.84. The lowest BCUT2D eigenvalue weighted by Gasteiger charge is -2.39. The fraction of sp³-hybridized carbons (Fsp3) is 0.364. The zero-order chi connectivity index (χ0) is 9.31. The number of nitrogens with two attached hydrogens (primary N) is 1. The molecule has 2 N–H and O–H groups in total. The quantitative estimate of drug-likeness (QED) is 0.770. The summed E-state index contributed by atoms with van der Waals surface area (Å²) in [5.41, 5.74) is 7.68. The SMILES string of the molecule is Cl.N#Cc1ccccc1C1(N)CCC1. The van der Waals surface area contributed by atoms with E-state index in [1.54, 1.807) is 0 Å². The maximum absolute atomic E-state index is 8.90. The number of rotatable bonds is 1. The van der Waals surface area contributed by atoms with Crippen LogP contribution >= 0.6 is 12.4 Å². The Labute approximate surface area is 90.1 Å². The van der Waals surface area contributed by atoms with Crippen molar-refractivity contribution in [3.8, 4) is 6.07 Å². The maximum Gasteiger partial charge on any atom is 0.0995 e. The first-order valence-corrected chi connectivity index (χ1v) is 4.55. The third kappa shape index (κ3) is 1.61. The smallest absolute Gasteiger partial charge is 0.0995 e. The molecule has 0 bridgehead atoms. The summed E-state index contributed by atoms with van der Waals surface area (Å²) in [6, 6.07) is 9.82. The molecular weight excluding hydrogens is 196 g/mol. The van der Waals surface area contributed by atoms with Crippen LogP contribution in [0.2, 0.25) is 0 Å². The minimum atomic E-state index is -0.216. The molecule has 3 heteroatoms. The largest absolute Gasteiger partial charge is 0.321 e. The Balaban J connectivity index is 0.000000980. The molecule has 1 aromatic rings. The van der Waals surface area contributed by atoms with Crippen LogP contribution in [-0.4, -0.2) is 0 Å². The molecule has 1 fully saturated rings. The molecule has 0 unspecified atom stereocenters. The Morgan fingerprint density at radius 3 is 2.43 bits per heavy atom. The predicted octanol–water partition coefficient (Wildman–Crippen LogP) is 2.32. The third-order valence-electron chi connectivity index (χ3n) is 2.83. The average molecular weight is 209 g/mol. The first kappa shape index (κ1) is 11.0. The highest BCUT2D eigenvalue weighted by atomic mass is 35.5. The van der Waals surface area contributed by atoms with Gasteiger partial charge in [-0.2, -0.15) is 5.26 Å². The van der Waals surface area contributed by atoms with Gasteiger partial charge in [-0.3, -0.25) is 0 Å². The third-order valence-corrected chi connectivity index (χ3v) is 2.83. The Morgan fingerprint density at radius 1 is 1.29 bits per heavy atom. The summed E-state index contributed by atoms with van der Waals surface area (Å²) in [5, 5.41) is 8.90. The van der Waals surface area contributed by atoms with Gasteiger partial charge in [0.1, 0.15) is 0 Å². The molecule has 1 aliphatic carbocycles. The van der Waals surface area contributed by atoms with E-state index in [1.165, 1.54) is 6.42 Å². The van der Waals surface area contributed by atoms with Crippen LogP contribution in [0.5, 0.6) is 0 Å². The summed E-state index contributed by atoms with van der Waals surface area (Å²) in [5.74, 6) is 0. The summed E-state index contributed by atoms with van der Waals surface area (Å²) >= 11 is 0. The van der Waals surface area contributed by atoms with Crippen LogP contribution in [0, 0.1) is 11.3 Å². The van der Waals surface area contributed by atoms with E-state index in [4.69, 9.17) is 11.0 Å². The second kappa shape index (κ2) is 4.00. The Hall–Kier alpha value is -1.04. The molecule has 1 aliphatic rings. The van der Waals surface area contributed by atoms with Gasteiger partial charge in [-0.25, -0.2) is 0 Å². The van der Waals surface area contributed by atoms with Crippen molar-refractivity contribution in [1.82, 2.24) is 0 Å². The molecule has 2 rings (SSSR count). The van der Waals surface area contributed by atoms with E-state index >= 15 is 0 Å². The summed E-state index contributed by atoms with van der Waals surface area (Å²) in [6.07, 6.45) is 3.19.